The summed E-state index contributed by atoms with van der Waals surface area (Å²) < 4.78 is 18.6. The molecule has 0 spiro atoms. The second-order valence-corrected chi connectivity index (χ2v) is 11.6. The van der Waals surface area contributed by atoms with Gasteiger partial charge in [0.25, 0.3) is 5.91 Å². The van der Waals surface area contributed by atoms with Crippen molar-refractivity contribution in [2.75, 3.05) is 11.9 Å². The van der Waals surface area contributed by atoms with E-state index in [0.29, 0.717) is 27.3 Å². The highest BCUT2D eigenvalue weighted by molar-refractivity contribution is 9.10. The number of likely N-dealkylation sites (tertiary alicyclic amines) is 1. The van der Waals surface area contributed by atoms with Crippen molar-refractivity contribution in [3.05, 3.63) is 51.3 Å². The number of nitrogens with zero attached hydrogens (tertiary/aromatic N) is 7. The summed E-state index contributed by atoms with van der Waals surface area (Å²) in [6, 6.07) is 5.82. The van der Waals surface area contributed by atoms with Crippen LogP contribution in [0.5, 0.6) is 0 Å². The zero-order chi connectivity index (χ0) is 27.3. The number of nitrogens with two attached hydrogens (primary N) is 1. The average Bonchev–Trinajstić information content (AvgIpc) is 3.18. The van der Waals surface area contributed by atoms with Gasteiger partial charge in [-0.05, 0) is 47.0 Å². The highest BCUT2D eigenvalue weighted by Crippen LogP contribution is 2.38. The van der Waals surface area contributed by atoms with E-state index < -0.39 is 29.9 Å². The van der Waals surface area contributed by atoms with Crippen molar-refractivity contribution >= 4 is 61.0 Å². The number of carbonyl (C=O) groups excluding carboxylic acids is 3. The third kappa shape index (κ3) is 5.28. The minimum absolute atomic E-state index is 0.0473. The van der Waals surface area contributed by atoms with Crippen molar-refractivity contribution in [1.82, 2.24) is 34.7 Å². The number of alkyl halides is 1. The van der Waals surface area contributed by atoms with Crippen LogP contribution in [0.1, 0.15) is 46.2 Å². The molecule has 202 valence electrons. The molecule has 0 aromatic carbocycles. The molecule has 3 amide bonds. The Morgan fingerprint density at radius 2 is 2.08 bits per heavy atom. The molecule has 1 saturated heterocycles. The van der Waals surface area contributed by atoms with Gasteiger partial charge in [0.15, 0.2) is 5.69 Å². The standard InChI is InChI=1S/C24H23BrFN9O3S/c25-18-2-1-3-19(28-18)29-24(38)17-6-13(26)8-34(17)20(36)11-35-16-7-14(39-22(16)21(31-35)23(27)37)9-33-10-15(30-32-33)12-4-5-12/h1-3,7,10,12-13,17H,4-6,8-9,11H2,(H2,27,37)(H,28,29,38)/t13-,17+/m1/s1. The second-order valence-electron chi connectivity index (χ2n) is 9.64. The Labute approximate surface area is 233 Å². The third-order valence-corrected chi connectivity index (χ3v) is 8.26. The molecule has 6 rings (SSSR count). The SMILES string of the molecule is NC(=O)c1nn(CC(=O)N2C[C@H](F)C[C@H]2C(=O)Nc2cccc(Br)n2)c2cc(Cn3cc(C4CC4)nn3)sc12. The maximum absolute atomic E-state index is 14.4. The average molecular weight is 616 g/mol. The first-order chi connectivity index (χ1) is 18.7. The van der Waals surface area contributed by atoms with Crippen LogP contribution in [0, 0.1) is 0 Å². The molecular formula is C24H23BrFN9O3S. The molecule has 1 saturated carbocycles. The Kier molecular flexibility index (Phi) is 6.62. The number of rotatable bonds is 8. The van der Waals surface area contributed by atoms with Crippen LogP contribution in [0.25, 0.3) is 10.2 Å². The molecule has 5 heterocycles. The maximum atomic E-state index is 14.4. The van der Waals surface area contributed by atoms with Gasteiger partial charge in [-0.1, -0.05) is 11.3 Å². The van der Waals surface area contributed by atoms with Crippen LogP contribution in [0.3, 0.4) is 0 Å². The van der Waals surface area contributed by atoms with Crippen molar-refractivity contribution in [2.24, 2.45) is 5.73 Å². The van der Waals surface area contributed by atoms with Gasteiger partial charge in [0.1, 0.15) is 29.2 Å². The van der Waals surface area contributed by atoms with Crippen LogP contribution in [-0.2, 0) is 22.7 Å². The maximum Gasteiger partial charge on any atom is 0.270 e. The lowest BCUT2D eigenvalue weighted by Crippen LogP contribution is -2.44. The van der Waals surface area contributed by atoms with Gasteiger partial charge in [-0.3, -0.25) is 19.1 Å². The highest BCUT2D eigenvalue weighted by Gasteiger charge is 2.40. The lowest BCUT2D eigenvalue weighted by atomic mass is 10.2. The predicted molar refractivity (Wildman–Crippen MR) is 143 cm³/mol. The van der Waals surface area contributed by atoms with Crippen molar-refractivity contribution in [2.45, 2.75) is 50.5 Å². The largest absolute Gasteiger partial charge is 0.364 e. The van der Waals surface area contributed by atoms with Gasteiger partial charge in [-0.25, -0.2) is 14.1 Å². The molecule has 1 aliphatic carbocycles. The number of nitrogens with one attached hydrogen (secondary N) is 1. The Morgan fingerprint density at radius 3 is 2.82 bits per heavy atom. The van der Waals surface area contributed by atoms with E-state index in [1.807, 2.05) is 12.3 Å². The van der Waals surface area contributed by atoms with Crippen LogP contribution in [0.2, 0.25) is 0 Å². The summed E-state index contributed by atoms with van der Waals surface area (Å²) in [7, 11) is 0. The summed E-state index contributed by atoms with van der Waals surface area (Å²) in [4.78, 5) is 44.6. The van der Waals surface area contributed by atoms with Crippen LogP contribution in [-0.4, -0.2) is 71.1 Å². The first-order valence-corrected chi connectivity index (χ1v) is 13.9. The predicted octanol–water partition coefficient (Wildman–Crippen LogP) is 2.45. The smallest absolute Gasteiger partial charge is 0.270 e. The number of hydrogen-bond acceptors (Lipinski definition) is 8. The molecule has 2 aliphatic rings. The molecule has 2 atom stereocenters. The number of pyridine rings is 1. The van der Waals surface area contributed by atoms with Gasteiger partial charge >= 0.3 is 0 Å². The quantitative estimate of drug-likeness (QED) is 0.289. The van der Waals surface area contributed by atoms with Crippen LogP contribution >= 0.6 is 27.3 Å². The Hall–Kier alpha value is -3.72. The van der Waals surface area contributed by atoms with E-state index in [2.05, 4.69) is 41.6 Å². The first-order valence-electron chi connectivity index (χ1n) is 12.3. The van der Waals surface area contributed by atoms with Gasteiger partial charge < -0.3 is 16.0 Å². The number of thiophene rings is 1. The molecule has 0 bridgehead atoms. The molecule has 3 N–H and O–H groups in total. The fourth-order valence-electron chi connectivity index (χ4n) is 4.70. The number of hydrogen-bond donors (Lipinski definition) is 2. The second kappa shape index (κ2) is 10.1. The molecular weight excluding hydrogens is 593 g/mol. The van der Waals surface area contributed by atoms with E-state index in [9.17, 15) is 18.8 Å². The monoisotopic (exact) mass is 615 g/mol. The van der Waals surface area contributed by atoms with E-state index in [1.54, 1.807) is 22.9 Å². The van der Waals surface area contributed by atoms with Crippen molar-refractivity contribution in [1.29, 1.82) is 0 Å². The van der Waals surface area contributed by atoms with E-state index in [-0.39, 0.29) is 31.0 Å². The van der Waals surface area contributed by atoms with Crippen LogP contribution in [0.15, 0.2) is 35.1 Å². The zero-order valence-electron chi connectivity index (χ0n) is 20.5. The lowest BCUT2D eigenvalue weighted by Gasteiger charge is -2.23. The third-order valence-electron chi connectivity index (χ3n) is 6.71. The summed E-state index contributed by atoms with van der Waals surface area (Å²) in [5.74, 6) is -0.996. The van der Waals surface area contributed by atoms with Gasteiger partial charge in [0.2, 0.25) is 11.8 Å². The van der Waals surface area contributed by atoms with E-state index in [4.69, 9.17) is 5.73 Å². The minimum atomic E-state index is -1.35. The van der Waals surface area contributed by atoms with E-state index in [1.165, 1.54) is 20.9 Å². The Balaban J connectivity index is 1.22. The number of carbonyl (C=O) groups is 3. The molecule has 4 aromatic heterocycles. The summed E-state index contributed by atoms with van der Waals surface area (Å²) in [5, 5.41) is 15.3. The Morgan fingerprint density at radius 1 is 1.26 bits per heavy atom. The molecule has 12 nitrogen and oxygen atoms in total. The summed E-state index contributed by atoms with van der Waals surface area (Å²) >= 11 is 4.58. The minimum Gasteiger partial charge on any atom is -0.364 e. The number of anilines is 1. The highest BCUT2D eigenvalue weighted by atomic mass is 79.9. The Bertz CT molecular complexity index is 1600. The molecule has 15 heteroatoms. The van der Waals surface area contributed by atoms with Crippen LogP contribution < -0.4 is 11.1 Å². The molecule has 0 radical (unpaired) electrons. The van der Waals surface area contributed by atoms with Gasteiger partial charge in [-0.2, -0.15) is 5.10 Å². The summed E-state index contributed by atoms with van der Waals surface area (Å²) in [6.45, 7) is -0.0755. The lowest BCUT2D eigenvalue weighted by molar-refractivity contribution is -0.137. The summed E-state index contributed by atoms with van der Waals surface area (Å²) in [6.07, 6.45) is 2.68. The van der Waals surface area contributed by atoms with Crippen molar-refractivity contribution < 1.29 is 18.8 Å². The molecule has 1 aliphatic heterocycles. The van der Waals surface area contributed by atoms with Gasteiger partial charge in [0, 0.05) is 23.4 Å². The van der Waals surface area contributed by atoms with Gasteiger partial charge in [0.05, 0.1) is 29.0 Å². The number of amides is 3. The number of halogens is 2. The van der Waals surface area contributed by atoms with Crippen molar-refractivity contribution in [3.8, 4) is 0 Å². The summed E-state index contributed by atoms with van der Waals surface area (Å²) in [5.41, 5.74) is 7.14. The van der Waals surface area contributed by atoms with Crippen LogP contribution in [0.4, 0.5) is 10.2 Å². The fourth-order valence-corrected chi connectivity index (χ4v) is 6.18. The van der Waals surface area contributed by atoms with Crippen molar-refractivity contribution in [3.63, 3.8) is 0 Å². The molecule has 2 fully saturated rings. The number of aromatic nitrogens is 6. The normalized spacial score (nSPS) is 19.1. The van der Waals surface area contributed by atoms with E-state index in [0.717, 1.165) is 23.4 Å². The number of primary amides is 1. The number of fused-ring (bicyclic) bond motifs is 1. The first kappa shape index (κ1) is 25.6. The fraction of sp³-hybridized carbons (Fsp3) is 0.375. The zero-order valence-corrected chi connectivity index (χ0v) is 22.9. The topological polar surface area (TPSA) is 154 Å². The molecule has 0 unspecified atom stereocenters. The van der Waals surface area contributed by atoms with Gasteiger partial charge in [-0.15, -0.1) is 16.4 Å². The van der Waals surface area contributed by atoms with E-state index >= 15 is 0 Å². The molecule has 4 aromatic rings. The molecule has 39 heavy (non-hydrogen) atoms.